The third kappa shape index (κ3) is 1.55. The van der Waals surface area contributed by atoms with E-state index in [-0.39, 0.29) is 11.7 Å². The number of hydrogen-bond acceptors (Lipinski definition) is 1. The van der Waals surface area contributed by atoms with Gasteiger partial charge in [-0.3, -0.25) is 4.79 Å². The maximum atomic E-state index is 12.7. The molecule has 1 aliphatic carbocycles. The summed E-state index contributed by atoms with van der Waals surface area (Å²) in [6, 6.07) is 0. The second kappa shape index (κ2) is 3.13. The molecule has 58 valence electrons. The van der Waals surface area contributed by atoms with E-state index in [9.17, 15) is 9.18 Å². The molecule has 0 aromatic rings. The van der Waals surface area contributed by atoms with Crippen molar-refractivity contribution in [2.45, 2.75) is 38.8 Å². The average molecular weight is 144 g/mol. The van der Waals surface area contributed by atoms with Crippen LogP contribution in [0.5, 0.6) is 0 Å². The van der Waals surface area contributed by atoms with Crippen molar-refractivity contribution in [2.24, 2.45) is 5.92 Å². The minimum Gasteiger partial charge on any atom is -0.296 e. The van der Waals surface area contributed by atoms with Crippen LogP contribution < -0.4 is 0 Å². The van der Waals surface area contributed by atoms with Crippen LogP contribution >= 0.6 is 0 Å². The lowest BCUT2D eigenvalue weighted by molar-refractivity contribution is -0.127. The maximum absolute atomic E-state index is 12.7. The summed E-state index contributed by atoms with van der Waals surface area (Å²) in [6.07, 6.45) is 2.03. The molecule has 0 bridgehead atoms. The summed E-state index contributed by atoms with van der Waals surface area (Å²) in [4.78, 5) is 11.0. The van der Waals surface area contributed by atoms with Gasteiger partial charge in [-0.25, -0.2) is 4.39 Å². The first-order valence-corrected chi connectivity index (χ1v) is 3.89. The number of carbonyl (C=O) groups is 1. The molecule has 0 saturated heterocycles. The SMILES string of the molecule is CC1CCCCC(F)C1=O. The number of rotatable bonds is 0. The number of carbonyl (C=O) groups excluding carboxylic acids is 1. The summed E-state index contributed by atoms with van der Waals surface area (Å²) < 4.78 is 12.7. The fourth-order valence-corrected chi connectivity index (χ4v) is 1.37. The second-order valence-electron chi connectivity index (χ2n) is 3.06. The number of alkyl halides is 1. The van der Waals surface area contributed by atoms with Crippen molar-refractivity contribution in [3.05, 3.63) is 0 Å². The van der Waals surface area contributed by atoms with E-state index >= 15 is 0 Å². The molecule has 0 N–H and O–H groups in total. The van der Waals surface area contributed by atoms with Crippen molar-refractivity contribution >= 4 is 5.78 Å². The van der Waals surface area contributed by atoms with Crippen LogP contribution in [0.15, 0.2) is 0 Å². The van der Waals surface area contributed by atoms with Gasteiger partial charge in [0.15, 0.2) is 12.0 Å². The Morgan fingerprint density at radius 3 is 2.70 bits per heavy atom. The van der Waals surface area contributed by atoms with Crippen LogP contribution in [0.25, 0.3) is 0 Å². The van der Waals surface area contributed by atoms with Crippen molar-refractivity contribution < 1.29 is 9.18 Å². The average Bonchev–Trinajstić information content (AvgIpc) is 2.04. The van der Waals surface area contributed by atoms with Crippen LogP contribution in [0, 0.1) is 5.92 Å². The zero-order chi connectivity index (χ0) is 7.56. The van der Waals surface area contributed by atoms with Gasteiger partial charge in [0, 0.05) is 5.92 Å². The van der Waals surface area contributed by atoms with E-state index in [0.29, 0.717) is 6.42 Å². The Bertz CT molecular complexity index is 119. The molecule has 1 saturated carbocycles. The molecule has 0 aromatic carbocycles. The first-order chi connectivity index (χ1) is 4.72. The summed E-state index contributed by atoms with van der Waals surface area (Å²) in [5, 5.41) is 0. The highest BCUT2D eigenvalue weighted by Crippen LogP contribution is 2.21. The zero-order valence-corrected chi connectivity index (χ0v) is 6.27. The third-order valence-electron chi connectivity index (χ3n) is 2.14. The predicted molar refractivity (Wildman–Crippen MR) is 37.5 cm³/mol. The van der Waals surface area contributed by atoms with E-state index in [2.05, 4.69) is 0 Å². The Kier molecular flexibility index (Phi) is 2.41. The first-order valence-electron chi connectivity index (χ1n) is 3.89. The van der Waals surface area contributed by atoms with Gasteiger partial charge in [-0.05, 0) is 12.8 Å². The Morgan fingerprint density at radius 2 is 2.00 bits per heavy atom. The van der Waals surface area contributed by atoms with E-state index in [0.717, 1.165) is 19.3 Å². The van der Waals surface area contributed by atoms with E-state index in [1.165, 1.54) is 0 Å². The Labute approximate surface area is 60.6 Å². The maximum Gasteiger partial charge on any atom is 0.169 e. The Balaban J connectivity index is 2.55. The standard InChI is InChI=1S/C8H13FO/c1-6-4-2-3-5-7(9)8(6)10/h6-7H,2-5H2,1H3. The van der Waals surface area contributed by atoms with Gasteiger partial charge in [0.05, 0.1) is 0 Å². The fraction of sp³-hybridized carbons (Fsp3) is 0.875. The smallest absolute Gasteiger partial charge is 0.169 e. The molecule has 0 aromatic heterocycles. The Morgan fingerprint density at radius 1 is 1.40 bits per heavy atom. The number of ketones is 1. The molecule has 1 fully saturated rings. The van der Waals surface area contributed by atoms with Crippen molar-refractivity contribution in [1.29, 1.82) is 0 Å². The molecule has 0 radical (unpaired) electrons. The van der Waals surface area contributed by atoms with Crippen molar-refractivity contribution in [2.75, 3.05) is 0 Å². The lowest BCUT2D eigenvalue weighted by Crippen LogP contribution is -2.20. The third-order valence-corrected chi connectivity index (χ3v) is 2.14. The van der Waals surface area contributed by atoms with Gasteiger partial charge in [0.1, 0.15) is 0 Å². The minimum atomic E-state index is -1.17. The van der Waals surface area contributed by atoms with Gasteiger partial charge in [-0.1, -0.05) is 19.8 Å². The highest BCUT2D eigenvalue weighted by Gasteiger charge is 2.25. The molecule has 1 nitrogen and oxygen atoms in total. The number of Topliss-reactive ketones (excluding diaryl/α,β-unsaturated/α-hetero) is 1. The van der Waals surface area contributed by atoms with Gasteiger partial charge in [0.25, 0.3) is 0 Å². The minimum absolute atomic E-state index is 0.0440. The molecule has 0 spiro atoms. The van der Waals surface area contributed by atoms with Crippen LogP contribution in [-0.2, 0) is 4.79 Å². The lowest BCUT2D eigenvalue weighted by Gasteiger charge is -2.06. The van der Waals surface area contributed by atoms with Gasteiger partial charge >= 0.3 is 0 Å². The van der Waals surface area contributed by atoms with Gasteiger partial charge in [-0.2, -0.15) is 0 Å². The molecule has 10 heavy (non-hydrogen) atoms. The molecule has 0 heterocycles. The van der Waals surface area contributed by atoms with Gasteiger partial charge in [-0.15, -0.1) is 0 Å². The van der Waals surface area contributed by atoms with Crippen LogP contribution in [0.1, 0.15) is 32.6 Å². The van der Waals surface area contributed by atoms with Gasteiger partial charge in [0.2, 0.25) is 0 Å². The molecule has 0 aliphatic heterocycles. The zero-order valence-electron chi connectivity index (χ0n) is 6.27. The van der Waals surface area contributed by atoms with E-state index < -0.39 is 6.17 Å². The molecule has 2 heteroatoms. The molecule has 1 aliphatic rings. The molecular formula is C8H13FO. The molecular weight excluding hydrogens is 131 g/mol. The molecule has 0 amide bonds. The fourth-order valence-electron chi connectivity index (χ4n) is 1.37. The van der Waals surface area contributed by atoms with Crippen LogP contribution in [-0.4, -0.2) is 12.0 Å². The Hall–Kier alpha value is -0.400. The summed E-state index contributed by atoms with van der Waals surface area (Å²) in [7, 11) is 0. The van der Waals surface area contributed by atoms with Crippen molar-refractivity contribution in [3.63, 3.8) is 0 Å². The molecule has 2 atom stereocenters. The van der Waals surface area contributed by atoms with Crippen molar-refractivity contribution in [1.82, 2.24) is 0 Å². The lowest BCUT2D eigenvalue weighted by atomic mass is 10.0. The van der Waals surface area contributed by atoms with E-state index in [4.69, 9.17) is 0 Å². The van der Waals surface area contributed by atoms with E-state index in [1.807, 2.05) is 6.92 Å². The highest BCUT2D eigenvalue weighted by atomic mass is 19.1. The van der Waals surface area contributed by atoms with Crippen LogP contribution in [0.4, 0.5) is 4.39 Å². The molecule has 2 unspecified atom stereocenters. The van der Waals surface area contributed by atoms with Crippen molar-refractivity contribution in [3.8, 4) is 0 Å². The summed E-state index contributed by atoms with van der Waals surface area (Å²) >= 11 is 0. The van der Waals surface area contributed by atoms with Crippen LogP contribution in [0.3, 0.4) is 0 Å². The topological polar surface area (TPSA) is 17.1 Å². The largest absolute Gasteiger partial charge is 0.296 e. The normalized spacial score (nSPS) is 35.6. The number of hydrogen-bond donors (Lipinski definition) is 0. The summed E-state index contributed by atoms with van der Waals surface area (Å²) in [6.45, 7) is 1.82. The quantitative estimate of drug-likeness (QED) is 0.476. The van der Waals surface area contributed by atoms with E-state index in [1.54, 1.807) is 0 Å². The summed E-state index contributed by atoms with van der Waals surface area (Å²) in [5.41, 5.74) is 0. The van der Waals surface area contributed by atoms with Gasteiger partial charge < -0.3 is 0 Å². The second-order valence-corrected chi connectivity index (χ2v) is 3.06. The summed E-state index contributed by atoms with van der Waals surface area (Å²) in [5.74, 6) is -0.227. The number of halogens is 1. The molecule has 1 rings (SSSR count). The monoisotopic (exact) mass is 144 g/mol. The highest BCUT2D eigenvalue weighted by molar-refractivity contribution is 5.85. The predicted octanol–water partition coefficient (Wildman–Crippen LogP) is 2.10. The first kappa shape index (κ1) is 7.70. The van der Waals surface area contributed by atoms with Crippen LogP contribution in [0.2, 0.25) is 0 Å².